The minimum atomic E-state index is -0.137. The van der Waals surface area contributed by atoms with E-state index < -0.39 is 0 Å². The smallest absolute Gasteiger partial charge is 0.123 e. The van der Waals surface area contributed by atoms with Crippen LogP contribution in [0.25, 0.3) is 0 Å². The Bertz CT molecular complexity index is 437. The van der Waals surface area contributed by atoms with Gasteiger partial charge in [-0.3, -0.25) is 0 Å². The van der Waals surface area contributed by atoms with Crippen molar-refractivity contribution in [3.63, 3.8) is 0 Å². The highest BCUT2D eigenvalue weighted by molar-refractivity contribution is 5.19. The summed E-state index contributed by atoms with van der Waals surface area (Å²) in [5.74, 6) is -0.137. The van der Waals surface area contributed by atoms with Crippen molar-refractivity contribution in [3.8, 4) is 0 Å². The van der Waals surface area contributed by atoms with Gasteiger partial charge in [0.15, 0.2) is 0 Å². The molecule has 1 saturated carbocycles. The molecule has 3 heteroatoms. The average Bonchev–Trinajstić information content (AvgIpc) is 2.71. The van der Waals surface area contributed by atoms with Gasteiger partial charge in [0.2, 0.25) is 0 Å². The van der Waals surface area contributed by atoms with E-state index in [1.807, 2.05) is 19.2 Å². The van der Waals surface area contributed by atoms with Crippen molar-refractivity contribution in [1.29, 1.82) is 0 Å². The van der Waals surface area contributed by atoms with Crippen molar-refractivity contribution in [2.24, 2.45) is 0 Å². The molecular formula is C18H29FN2. The Morgan fingerprint density at radius 2 is 1.86 bits per heavy atom. The van der Waals surface area contributed by atoms with Gasteiger partial charge in [0.1, 0.15) is 5.82 Å². The van der Waals surface area contributed by atoms with Gasteiger partial charge in [-0.05, 0) is 58.1 Å². The molecule has 1 aliphatic rings. The third-order valence-electron chi connectivity index (χ3n) is 5.19. The Hall–Kier alpha value is -0.930. The Kier molecular flexibility index (Phi) is 5.77. The third-order valence-corrected chi connectivity index (χ3v) is 5.19. The molecule has 0 aromatic heterocycles. The van der Waals surface area contributed by atoms with Crippen LogP contribution < -0.4 is 5.32 Å². The number of halogens is 1. The maximum Gasteiger partial charge on any atom is 0.123 e. The molecule has 2 rings (SSSR count). The molecule has 2 nitrogen and oxygen atoms in total. The highest BCUT2D eigenvalue weighted by Crippen LogP contribution is 2.35. The molecule has 1 N–H and O–H groups in total. The first-order valence-corrected chi connectivity index (χ1v) is 8.17. The second kappa shape index (κ2) is 7.37. The molecule has 1 fully saturated rings. The van der Waals surface area contributed by atoms with Crippen LogP contribution in [0, 0.1) is 5.82 Å². The van der Waals surface area contributed by atoms with Gasteiger partial charge in [0, 0.05) is 11.6 Å². The Balaban J connectivity index is 2.23. The Labute approximate surface area is 128 Å². The van der Waals surface area contributed by atoms with Crippen LogP contribution in [0.15, 0.2) is 24.3 Å². The molecule has 1 atom stereocenters. The molecule has 1 aliphatic carbocycles. The standard InChI is InChI=1S/C18H29FN2/c1-20-17(14-15-9-8-10-16(19)13-15)18(21(2)3)11-6-4-5-7-12-18/h8-10,13,17,20H,4-7,11-12,14H2,1-3H3. The number of nitrogens with zero attached hydrogens (tertiary/aromatic N) is 1. The van der Waals surface area contributed by atoms with E-state index in [1.54, 1.807) is 6.07 Å². The summed E-state index contributed by atoms with van der Waals surface area (Å²) in [6.45, 7) is 0. The summed E-state index contributed by atoms with van der Waals surface area (Å²) in [7, 11) is 6.43. The third kappa shape index (κ3) is 3.83. The summed E-state index contributed by atoms with van der Waals surface area (Å²) >= 11 is 0. The van der Waals surface area contributed by atoms with Gasteiger partial charge in [0.05, 0.1) is 0 Å². The second-order valence-corrected chi connectivity index (χ2v) is 6.59. The molecule has 0 heterocycles. The average molecular weight is 292 g/mol. The maximum atomic E-state index is 13.5. The fourth-order valence-electron chi connectivity index (χ4n) is 3.91. The molecule has 0 aliphatic heterocycles. The number of likely N-dealkylation sites (N-methyl/N-ethyl adjacent to an activating group) is 2. The molecule has 0 amide bonds. The monoisotopic (exact) mass is 292 g/mol. The highest BCUT2D eigenvalue weighted by atomic mass is 19.1. The van der Waals surface area contributed by atoms with E-state index in [9.17, 15) is 4.39 Å². The van der Waals surface area contributed by atoms with E-state index in [1.165, 1.54) is 44.6 Å². The zero-order valence-electron chi connectivity index (χ0n) is 13.7. The molecule has 0 spiro atoms. The zero-order valence-corrected chi connectivity index (χ0v) is 13.7. The van der Waals surface area contributed by atoms with Crippen LogP contribution in [-0.4, -0.2) is 37.6 Å². The summed E-state index contributed by atoms with van der Waals surface area (Å²) < 4.78 is 13.5. The van der Waals surface area contributed by atoms with Crippen LogP contribution in [0.4, 0.5) is 4.39 Å². The first-order chi connectivity index (χ1) is 10.1. The van der Waals surface area contributed by atoms with Crippen molar-refractivity contribution in [1.82, 2.24) is 10.2 Å². The molecule has 1 aromatic carbocycles. The number of nitrogens with one attached hydrogen (secondary N) is 1. The quantitative estimate of drug-likeness (QED) is 0.834. The van der Waals surface area contributed by atoms with Gasteiger partial charge in [0.25, 0.3) is 0 Å². The van der Waals surface area contributed by atoms with Crippen molar-refractivity contribution in [3.05, 3.63) is 35.6 Å². The van der Waals surface area contributed by atoms with E-state index in [-0.39, 0.29) is 11.4 Å². The van der Waals surface area contributed by atoms with Gasteiger partial charge in [-0.25, -0.2) is 4.39 Å². The summed E-state index contributed by atoms with van der Waals surface area (Å²) in [6.07, 6.45) is 8.59. The molecule has 1 aromatic rings. The largest absolute Gasteiger partial charge is 0.315 e. The lowest BCUT2D eigenvalue weighted by Gasteiger charge is -2.46. The van der Waals surface area contributed by atoms with E-state index in [4.69, 9.17) is 0 Å². The van der Waals surface area contributed by atoms with Crippen molar-refractivity contribution in [2.45, 2.75) is 56.5 Å². The van der Waals surface area contributed by atoms with Crippen LogP contribution in [0.3, 0.4) is 0 Å². The lowest BCUT2D eigenvalue weighted by molar-refractivity contribution is 0.0835. The molecule has 118 valence electrons. The predicted molar refractivity (Wildman–Crippen MR) is 87.1 cm³/mol. The summed E-state index contributed by atoms with van der Waals surface area (Å²) in [5, 5.41) is 3.53. The van der Waals surface area contributed by atoms with Gasteiger partial charge in [-0.15, -0.1) is 0 Å². The van der Waals surface area contributed by atoms with Crippen LogP contribution in [-0.2, 0) is 6.42 Å². The maximum absolute atomic E-state index is 13.5. The summed E-state index contributed by atoms with van der Waals surface area (Å²) in [4.78, 5) is 2.40. The number of hydrogen-bond donors (Lipinski definition) is 1. The van der Waals surface area contributed by atoms with Gasteiger partial charge >= 0.3 is 0 Å². The number of hydrogen-bond acceptors (Lipinski definition) is 2. The molecule has 21 heavy (non-hydrogen) atoms. The Morgan fingerprint density at radius 1 is 1.19 bits per heavy atom. The fraction of sp³-hybridized carbons (Fsp3) is 0.667. The van der Waals surface area contributed by atoms with Crippen LogP contribution in [0.2, 0.25) is 0 Å². The van der Waals surface area contributed by atoms with E-state index in [0.717, 1.165) is 12.0 Å². The first kappa shape index (κ1) is 16.4. The minimum Gasteiger partial charge on any atom is -0.315 e. The number of rotatable bonds is 5. The molecular weight excluding hydrogens is 263 g/mol. The van der Waals surface area contributed by atoms with Gasteiger partial charge in [-0.2, -0.15) is 0 Å². The summed E-state index contributed by atoms with van der Waals surface area (Å²) in [6, 6.07) is 7.39. The lowest BCUT2D eigenvalue weighted by Crippen LogP contribution is -2.59. The zero-order chi connectivity index (χ0) is 15.3. The molecule has 0 bridgehead atoms. The normalized spacial score (nSPS) is 20.2. The van der Waals surface area contributed by atoms with Crippen molar-refractivity contribution < 1.29 is 4.39 Å². The van der Waals surface area contributed by atoms with E-state index >= 15 is 0 Å². The van der Waals surface area contributed by atoms with Gasteiger partial charge < -0.3 is 10.2 Å². The lowest BCUT2D eigenvalue weighted by atomic mass is 9.78. The SMILES string of the molecule is CNC(Cc1cccc(F)c1)C1(N(C)C)CCCCCC1. The van der Waals surface area contributed by atoms with Crippen molar-refractivity contribution in [2.75, 3.05) is 21.1 Å². The molecule has 0 saturated heterocycles. The topological polar surface area (TPSA) is 15.3 Å². The molecule has 1 unspecified atom stereocenters. The van der Waals surface area contributed by atoms with E-state index in [0.29, 0.717) is 6.04 Å². The van der Waals surface area contributed by atoms with Gasteiger partial charge in [-0.1, -0.05) is 37.8 Å². The van der Waals surface area contributed by atoms with E-state index in [2.05, 4.69) is 24.3 Å². The minimum absolute atomic E-state index is 0.137. The molecule has 0 radical (unpaired) electrons. The van der Waals surface area contributed by atoms with Crippen LogP contribution in [0.1, 0.15) is 44.1 Å². The Morgan fingerprint density at radius 3 is 2.38 bits per heavy atom. The number of benzene rings is 1. The summed E-state index contributed by atoms with van der Waals surface area (Å²) in [5.41, 5.74) is 1.26. The van der Waals surface area contributed by atoms with Crippen molar-refractivity contribution >= 4 is 0 Å². The second-order valence-electron chi connectivity index (χ2n) is 6.59. The first-order valence-electron chi connectivity index (χ1n) is 8.17. The van der Waals surface area contributed by atoms with Crippen LogP contribution >= 0.6 is 0 Å². The highest BCUT2D eigenvalue weighted by Gasteiger charge is 2.40. The predicted octanol–water partition coefficient (Wildman–Crippen LogP) is 3.61. The van der Waals surface area contributed by atoms with Crippen LogP contribution in [0.5, 0.6) is 0 Å². The fourth-order valence-corrected chi connectivity index (χ4v) is 3.91.